The molecule has 0 saturated heterocycles. The highest BCUT2D eigenvalue weighted by molar-refractivity contribution is 5.70. The number of rotatable bonds is 4. The van der Waals surface area contributed by atoms with Gasteiger partial charge in [-0.15, -0.1) is 0 Å². The number of anilines is 1. The first kappa shape index (κ1) is 13.6. The van der Waals surface area contributed by atoms with Crippen LogP contribution in [-0.2, 0) is 4.79 Å². The van der Waals surface area contributed by atoms with Gasteiger partial charge in [-0.3, -0.25) is 4.79 Å². The van der Waals surface area contributed by atoms with Gasteiger partial charge in [0.1, 0.15) is 0 Å². The number of aryl methyl sites for hydroxylation is 1. The fraction of sp³-hybridized carbons (Fsp3) is 0.571. The lowest BCUT2D eigenvalue weighted by atomic mass is 9.86. The molecule has 1 fully saturated rings. The Hall–Kier alpha value is -1.78. The van der Waals surface area contributed by atoms with E-state index in [1.807, 2.05) is 13.0 Å². The van der Waals surface area contributed by atoms with Crippen molar-refractivity contribution in [3.8, 4) is 5.88 Å². The molecule has 104 valence electrons. The Morgan fingerprint density at radius 3 is 2.68 bits per heavy atom. The number of carboxylic acids is 1. The first-order valence-corrected chi connectivity index (χ1v) is 6.60. The highest BCUT2D eigenvalue weighted by atomic mass is 16.5. The van der Waals surface area contributed by atoms with Crippen molar-refractivity contribution in [2.75, 3.05) is 12.4 Å². The zero-order valence-corrected chi connectivity index (χ0v) is 11.3. The molecule has 0 atom stereocenters. The largest absolute Gasteiger partial charge is 0.481 e. The monoisotopic (exact) mass is 264 g/mol. The number of carboxylic acid groups (broad SMARTS) is 1. The van der Waals surface area contributed by atoms with Crippen LogP contribution < -0.4 is 10.1 Å². The van der Waals surface area contributed by atoms with Crippen LogP contribution in [0.4, 0.5) is 5.69 Å². The molecule has 1 aliphatic carbocycles. The van der Waals surface area contributed by atoms with Gasteiger partial charge in [0.05, 0.1) is 18.7 Å². The highest BCUT2D eigenvalue weighted by Crippen LogP contribution is 2.29. The Labute approximate surface area is 113 Å². The number of ether oxygens (including phenoxy) is 1. The minimum absolute atomic E-state index is 0.185. The molecule has 2 rings (SSSR count). The van der Waals surface area contributed by atoms with Gasteiger partial charge in [-0.25, -0.2) is 4.98 Å². The average Bonchev–Trinajstić information content (AvgIpc) is 2.39. The van der Waals surface area contributed by atoms with Crippen molar-refractivity contribution in [1.82, 2.24) is 4.98 Å². The Bertz CT molecular complexity index is 454. The van der Waals surface area contributed by atoms with Gasteiger partial charge in [-0.05, 0) is 44.2 Å². The van der Waals surface area contributed by atoms with Crippen LogP contribution >= 0.6 is 0 Å². The summed E-state index contributed by atoms with van der Waals surface area (Å²) >= 11 is 0. The highest BCUT2D eigenvalue weighted by Gasteiger charge is 2.26. The number of methoxy groups -OCH3 is 1. The van der Waals surface area contributed by atoms with E-state index in [-0.39, 0.29) is 5.92 Å². The van der Waals surface area contributed by atoms with Gasteiger partial charge in [0, 0.05) is 12.2 Å². The Morgan fingerprint density at radius 2 is 2.11 bits per heavy atom. The molecule has 0 amide bonds. The predicted molar refractivity (Wildman–Crippen MR) is 72.5 cm³/mol. The van der Waals surface area contributed by atoms with Crippen LogP contribution in [0.25, 0.3) is 0 Å². The van der Waals surface area contributed by atoms with E-state index < -0.39 is 5.97 Å². The lowest BCUT2D eigenvalue weighted by molar-refractivity contribution is -0.142. The second kappa shape index (κ2) is 5.91. The maximum atomic E-state index is 10.9. The summed E-state index contributed by atoms with van der Waals surface area (Å²) in [4.78, 5) is 15.1. The zero-order valence-electron chi connectivity index (χ0n) is 11.3. The Morgan fingerprint density at radius 1 is 1.42 bits per heavy atom. The quantitative estimate of drug-likeness (QED) is 0.874. The van der Waals surface area contributed by atoms with Crippen molar-refractivity contribution in [2.45, 2.75) is 38.6 Å². The van der Waals surface area contributed by atoms with Gasteiger partial charge in [0.25, 0.3) is 0 Å². The molecule has 0 unspecified atom stereocenters. The molecule has 1 aliphatic rings. The third-order valence-corrected chi connectivity index (χ3v) is 3.62. The number of pyridine rings is 1. The minimum atomic E-state index is -0.673. The molecule has 19 heavy (non-hydrogen) atoms. The van der Waals surface area contributed by atoms with E-state index in [0.717, 1.165) is 36.9 Å². The summed E-state index contributed by atoms with van der Waals surface area (Å²) in [6.07, 6.45) is 4.97. The van der Waals surface area contributed by atoms with Crippen LogP contribution in [0.3, 0.4) is 0 Å². The van der Waals surface area contributed by atoms with E-state index in [4.69, 9.17) is 9.84 Å². The molecule has 0 aromatic carbocycles. The van der Waals surface area contributed by atoms with Gasteiger partial charge in [0.15, 0.2) is 0 Å². The molecular weight excluding hydrogens is 244 g/mol. The third-order valence-electron chi connectivity index (χ3n) is 3.62. The van der Waals surface area contributed by atoms with E-state index in [1.54, 1.807) is 13.3 Å². The summed E-state index contributed by atoms with van der Waals surface area (Å²) < 4.78 is 5.23. The molecule has 0 aliphatic heterocycles. The van der Waals surface area contributed by atoms with E-state index in [0.29, 0.717) is 11.9 Å². The SMILES string of the molecule is COc1ncc(C)cc1NC1CCC(C(=O)O)CC1. The van der Waals surface area contributed by atoms with Crippen LogP contribution in [0.15, 0.2) is 12.3 Å². The first-order chi connectivity index (χ1) is 9.10. The van der Waals surface area contributed by atoms with Crippen molar-refractivity contribution in [3.05, 3.63) is 17.8 Å². The number of nitrogens with zero attached hydrogens (tertiary/aromatic N) is 1. The van der Waals surface area contributed by atoms with Crippen molar-refractivity contribution in [1.29, 1.82) is 0 Å². The number of hydrogen-bond acceptors (Lipinski definition) is 4. The zero-order chi connectivity index (χ0) is 13.8. The second-order valence-electron chi connectivity index (χ2n) is 5.10. The van der Waals surface area contributed by atoms with Crippen molar-refractivity contribution < 1.29 is 14.6 Å². The van der Waals surface area contributed by atoms with Crippen LogP contribution in [0.5, 0.6) is 5.88 Å². The lowest BCUT2D eigenvalue weighted by Gasteiger charge is -2.28. The fourth-order valence-corrected chi connectivity index (χ4v) is 2.53. The summed E-state index contributed by atoms with van der Waals surface area (Å²) in [6, 6.07) is 2.31. The predicted octanol–water partition coefficient (Wildman–Crippen LogP) is 2.45. The molecule has 1 heterocycles. The van der Waals surface area contributed by atoms with Crippen molar-refractivity contribution in [2.24, 2.45) is 5.92 Å². The molecule has 5 heteroatoms. The summed E-state index contributed by atoms with van der Waals surface area (Å²) in [5.74, 6) is -0.269. The first-order valence-electron chi connectivity index (χ1n) is 6.60. The average molecular weight is 264 g/mol. The molecule has 5 nitrogen and oxygen atoms in total. The lowest BCUT2D eigenvalue weighted by Crippen LogP contribution is -2.29. The van der Waals surface area contributed by atoms with Gasteiger partial charge in [-0.1, -0.05) is 0 Å². The smallest absolute Gasteiger partial charge is 0.306 e. The van der Waals surface area contributed by atoms with Gasteiger partial charge < -0.3 is 15.2 Å². The second-order valence-corrected chi connectivity index (χ2v) is 5.10. The van der Waals surface area contributed by atoms with Gasteiger partial charge in [-0.2, -0.15) is 0 Å². The van der Waals surface area contributed by atoms with Crippen LogP contribution in [-0.4, -0.2) is 29.2 Å². The summed E-state index contributed by atoms with van der Waals surface area (Å²) in [5.41, 5.74) is 1.96. The molecule has 0 radical (unpaired) electrons. The summed E-state index contributed by atoms with van der Waals surface area (Å²) in [7, 11) is 1.60. The Kier molecular flexibility index (Phi) is 4.24. The van der Waals surface area contributed by atoms with Crippen LogP contribution in [0.2, 0.25) is 0 Å². The van der Waals surface area contributed by atoms with Crippen molar-refractivity contribution >= 4 is 11.7 Å². The number of carbonyl (C=O) groups is 1. The fourth-order valence-electron chi connectivity index (χ4n) is 2.53. The normalized spacial score (nSPS) is 22.8. The van der Waals surface area contributed by atoms with Crippen LogP contribution in [0, 0.1) is 12.8 Å². The third kappa shape index (κ3) is 3.36. The van der Waals surface area contributed by atoms with E-state index in [9.17, 15) is 4.79 Å². The molecular formula is C14H20N2O3. The molecule has 0 spiro atoms. The van der Waals surface area contributed by atoms with E-state index in [2.05, 4.69) is 10.3 Å². The van der Waals surface area contributed by atoms with Crippen molar-refractivity contribution in [3.63, 3.8) is 0 Å². The molecule has 1 aromatic heterocycles. The summed E-state index contributed by atoms with van der Waals surface area (Å²) in [5, 5.41) is 12.4. The number of nitrogens with one attached hydrogen (secondary N) is 1. The van der Waals surface area contributed by atoms with Crippen LogP contribution in [0.1, 0.15) is 31.2 Å². The number of aromatic nitrogens is 1. The van der Waals surface area contributed by atoms with E-state index in [1.165, 1.54) is 0 Å². The van der Waals surface area contributed by atoms with Gasteiger partial charge >= 0.3 is 5.97 Å². The Balaban J connectivity index is 1.99. The molecule has 1 aromatic rings. The molecule has 0 bridgehead atoms. The maximum absolute atomic E-state index is 10.9. The standard InChI is InChI=1S/C14H20N2O3/c1-9-7-12(13(19-2)15-8-9)16-11-5-3-10(4-6-11)14(17)18/h7-8,10-11,16H,3-6H2,1-2H3,(H,17,18). The van der Waals surface area contributed by atoms with E-state index >= 15 is 0 Å². The molecule has 2 N–H and O–H groups in total. The molecule has 1 saturated carbocycles. The minimum Gasteiger partial charge on any atom is -0.481 e. The number of aliphatic carboxylic acids is 1. The summed E-state index contributed by atoms with van der Waals surface area (Å²) in [6.45, 7) is 1.99. The topological polar surface area (TPSA) is 71.5 Å². The van der Waals surface area contributed by atoms with Gasteiger partial charge in [0.2, 0.25) is 5.88 Å². The maximum Gasteiger partial charge on any atom is 0.306 e. The number of hydrogen-bond donors (Lipinski definition) is 2.